The van der Waals surface area contributed by atoms with Crippen molar-refractivity contribution in [3.8, 4) is 0 Å². The maximum atomic E-state index is 7.81. The van der Waals surface area contributed by atoms with Crippen LogP contribution >= 0.6 is 0 Å². The van der Waals surface area contributed by atoms with E-state index in [4.69, 9.17) is 12.3 Å². The first kappa shape index (κ1) is 1.90. The number of hydrogen-bond acceptors (Lipinski definition) is 0. The fourth-order valence-corrected chi connectivity index (χ4v) is 1.47. The van der Waals surface area contributed by atoms with Crippen LogP contribution in [-0.4, -0.2) is 18.4 Å². The third kappa shape index (κ3) is 6.80. The van der Waals surface area contributed by atoms with Gasteiger partial charge in [0.05, 0.1) is 0 Å². The molecule has 0 radical (unpaired) electrons. The predicted octanol–water partition coefficient (Wildman–Crippen LogP) is 3.12. The molecule has 0 unspecified atom stereocenters. The molecule has 0 atom stereocenters. The Morgan fingerprint density at radius 1 is 1.50 bits per heavy atom. The molecule has 0 aromatic carbocycles. The van der Waals surface area contributed by atoms with Crippen LogP contribution < -0.4 is 0 Å². The van der Waals surface area contributed by atoms with E-state index in [0.29, 0.717) is 0 Å². The summed E-state index contributed by atoms with van der Waals surface area (Å²) in [6.45, 7) is -3.19. The molecule has 0 aliphatic rings. The van der Waals surface area contributed by atoms with E-state index in [1.165, 1.54) is 0 Å². The van der Waals surface area contributed by atoms with E-state index < -0.39 is 42.4 Å². The van der Waals surface area contributed by atoms with Gasteiger partial charge >= 0.3 is 69.5 Å². The summed E-state index contributed by atoms with van der Waals surface area (Å²) in [6.07, 6.45) is -6.26. The summed E-state index contributed by atoms with van der Waals surface area (Å²) >= 11 is -3.52. The predicted molar refractivity (Wildman–Crippen MR) is 43.1 cm³/mol. The molecule has 0 aliphatic heterocycles. The zero-order valence-electron chi connectivity index (χ0n) is 14.5. The van der Waals surface area contributed by atoms with Crippen LogP contribution in [0.5, 0.6) is 0 Å². The van der Waals surface area contributed by atoms with Gasteiger partial charge in [0.25, 0.3) is 0 Å². The van der Waals surface area contributed by atoms with Crippen LogP contribution in [0, 0.1) is 0 Å². The van der Waals surface area contributed by atoms with Crippen molar-refractivity contribution in [1.29, 1.82) is 0 Å². The molecule has 0 aromatic rings. The fourth-order valence-electron chi connectivity index (χ4n) is 0.219. The Balaban J connectivity index is 5.73. The van der Waals surface area contributed by atoms with Crippen molar-refractivity contribution in [2.24, 2.45) is 0 Å². The summed E-state index contributed by atoms with van der Waals surface area (Å²) in [5.74, 6) is 0. The maximum absolute atomic E-state index is 7.81. The minimum absolute atomic E-state index is 1.61. The van der Waals surface area contributed by atoms with Gasteiger partial charge < -0.3 is 0 Å². The first-order chi connectivity index (χ1) is 7.00. The second kappa shape index (κ2) is 3.75. The zero-order chi connectivity index (χ0) is 14.5. The summed E-state index contributed by atoms with van der Waals surface area (Å²) in [4.78, 5) is 4.84. The van der Waals surface area contributed by atoms with Gasteiger partial charge in [-0.15, -0.1) is 0 Å². The molecule has 0 N–H and O–H groups in total. The van der Waals surface area contributed by atoms with Gasteiger partial charge in [-0.2, -0.15) is 0 Å². The standard InChI is InChI=1S/C4H9.3CH3.Sn/c1-3-4-2;;;;/h1,3-4H2,2H3;3*1H3;/i1D2,2D3,3D2,4D2;;;;. The monoisotopic (exact) mass is 231 g/mol. The molecule has 0 spiro atoms. The molecule has 0 amide bonds. The first-order valence-corrected chi connectivity index (χ1v) is 12.5. The summed E-state index contributed by atoms with van der Waals surface area (Å²) in [5, 5.41) is 0. The molecular formula is C7H18Sn. The van der Waals surface area contributed by atoms with Gasteiger partial charge in [0.1, 0.15) is 0 Å². The van der Waals surface area contributed by atoms with Crippen LogP contribution in [0.4, 0.5) is 0 Å². The Hall–Kier alpha value is 0.799. The van der Waals surface area contributed by atoms with Crippen LogP contribution in [0.1, 0.15) is 31.9 Å². The molecule has 0 saturated carbocycles. The van der Waals surface area contributed by atoms with E-state index in [-0.39, 0.29) is 0 Å². The Labute approximate surface area is 70.2 Å². The third-order valence-corrected chi connectivity index (χ3v) is 3.00. The third-order valence-electron chi connectivity index (χ3n) is 0.500. The normalized spacial score (nSPS) is 35.6. The van der Waals surface area contributed by atoms with Crippen molar-refractivity contribution >= 4 is 18.4 Å². The number of hydrogen-bond donors (Lipinski definition) is 0. The van der Waals surface area contributed by atoms with Gasteiger partial charge in [0.15, 0.2) is 0 Å². The average Bonchev–Trinajstić information content (AvgIpc) is 1.98. The molecule has 0 aromatic heterocycles. The second-order valence-corrected chi connectivity index (χ2v) is 16.2. The molecule has 0 aliphatic carbocycles. The Bertz CT molecular complexity index is 257. The van der Waals surface area contributed by atoms with Gasteiger partial charge in [0.2, 0.25) is 0 Å². The van der Waals surface area contributed by atoms with Crippen LogP contribution in [0.3, 0.4) is 0 Å². The topological polar surface area (TPSA) is 0 Å². The van der Waals surface area contributed by atoms with Crippen LogP contribution in [-0.2, 0) is 0 Å². The van der Waals surface area contributed by atoms with Crippen LogP contribution in [0.2, 0.25) is 19.2 Å². The van der Waals surface area contributed by atoms with E-state index in [0.717, 1.165) is 0 Å². The molecule has 1 heteroatoms. The fraction of sp³-hybridized carbons (Fsp3) is 1.00. The average molecular weight is 230 g/mol. The molecule has 0 heterocycles. The Morgan fingerprint density at radius 3 is 2.50 bits per heavy atom. The van der Waals surface area contributed by atoms with Crippen molar-refractivity contribution in [2.75, 3.05) is 0 Å². The van der Waals surface area contributed by atoms with Crippen molar-refractivity contribution in [1.82, 2.24) is 0 Å². The van der Waals surface area contributed by atoms with Crippen LogP contribution in [0.15, 0.2) is 0 Å². The van der Waals surface area contributed by atoms with E-state index >= 15 is 0 Å². The summed E-state index contributed by atoms with van der Waals surface area (Å²) < 4.78 is 64.5. The van der Waals surface area contributed by atoms with Crippen molar-refractivity contribution < 1.29 is 12.3 Å². The Kier molecular flexibility index (Phi) is 0.890. The summed E-state index contributed by atoms with van der Waals surface area (Å²) in [5.41, 5.74) is 0. The van der Waals surface area contributed by atoms with Gasteiger partial charge in [0, 0.05) is 0 Å². The van der Waals surface area contributed by atoms with E-state index in [2.05, 4.69) is 0 Å². The summed E-state index contributed by atoms with van der Waals surface area (Å²) in [6, 6.07) is 0. The Morgan fingerprint density at radius 2 is 2.12 bits per heavy atom. The molecule has 0 rings (SSSR count). The molecule has 0 bridgehead atoms. The minimum atomic E-state index is -3.52. The molecule has 50 valence electrons. The molecule has 0 saturated heterocycles. The van der Waals surface area contributed by atoms with E-state index in [1.807, 2.05) is 0 Å². The number of rotatable bonds is 3. The SMILES string of the molecule is [2H]C([2H])([2H])C([2H])([2H])C([2H])([2H])[C]([2H])([2H])[Sn]([CH3])([CH3])[CH3]. The molecular weight excluding hydrogens is 203 g/mol. The molecule has 8 heavy (non-hydrogen) atoms. The second-order valence-electron chi connectivity index (χ2n) is 2.62. The first-order valence-electron chi connectivity index (χ1n) is 7.00. The summed E-state index contributed by atoms with van der Waals surface area (Å²) in [7, 11) is 0. The van der Waals surface area contributed by atoms with Crippen LogP contribution in [0.25, 0.3) is 0 Å². The molecule has 0 fully saturated rings. The molecule has 0 nitrogen and oxygen atoms in total. The van der Waals surface area contributed by atoms with Crippen molar-refractivity contribution in [3.05, 3.63) is 0 Å². The van der Waals surface area contributed by atoms with Gasteiger partial charge in [-0.3, -0.25) is 0 Å². The van der Waals surface area contributed by atoms with Gasteiger partial charge in [-0.1, -0.05) is 0 Å². The van der Waals surface area contributed by atoms with Crippen molar-refractivity contribution in [3.63, 3.8) is 0 Å². The van der Waals surface area contributed by atoms with Crippen molar-refractivity contribution in [2.45, 2.75) is 38.8 Å². The zero-order valence-corrected chi connectivity index (χ0v) is 8.35. The van der Waals surface area contributed by atoms with Gasteiger partial charge in [-0.05, 0) is 0 Å². The van der Waals surface area contributed by atoms with E-state index in [1.54, 1.807) is 14.8 Å². The van der Waals surface area contributed by atoms with E-state index in [9.17, 15) is 0 Å². The quantitative estimate of drug-likeness (QED) is 0.653. The van der Waals surface area contributed by atoms with Gasteiger partial charge in [-0.25, -0.2) is 0 Å².